The molecule has 0 aliphatic heterocycles. The van der Waals surface area contributed by atoms with Gasteiger partial charge in [0.2, 0.25) is 5.91 Å². The first-order valence-electron chi connectivity index (χ1n) is 8.98. The molecule has 0 fully saturated rings. The summed E-state index contributed by atoms with van der Waals surface area (Å²) in [5, 5.41) is 12.6. The number of hydrogen-bond donors (Lipinski definition) is 3. The van der Waals surface area contributed by atoms with Crippen LogP contribution >= 0.6 is 23.4 Å². The number of imidazole rings is 1. The van der Waals surface area contributed by atoms with Crippen molar-refractivity contribution in [1.82, 2.24) is 24.7 Å². The van der Waals surface area contributed by atoms with Gasteiger partial charge in [0, 0.05) is 22.8 Å². The Morgan fingerprint density at radius 3 is 2.70 bits per heavy atom. The first-order chi connectivity index (χ1) is 14.5. The molecule has 2 aromatic heterocycles. The number of amides is 1. The molecule has 0 bridgehead atoms. The molecule has 4 aromatic rings. The molecule has 152 valence electrons. The van der Waals surface area contributed by atoms with E-state index in [-0.39, 0.29) is 17.3 Å². The monoisotopic (exact) mass is 440 g/mol. The quantitative estimate of drug-likeness (QED) is 0.300. The molecule has 0 unspecified atom stereocenters. The van der Waals surface area contributed by atoms with Crippen LogP contribution in [-0.2, 0) is 11.3 Å². The highest BCUT2D eigenvalue weighted by Crippen LogP contribution is 2.25. The van der Waals surface area contributed by atoms with Gasteiger partial charge in [-0.3, -0.25) is 9.36 Å². The molecule has 2 heterocycles. The Morgan fingerprint density at radius 2 is 1.93 bits per heavy atom. The molecule has 4 rings (SSSR count). The van der Waals surface area contributed by atoms with Gasteiger partial charge in [-0.1, -0.05) is 29.4 Å². The van der Waals surface area contributed by atoms with Crippen molar-refractivity contribution in [3.63, 3.8) is 0 Å². The number of aromatic amines is 2. The Bertz CT molecular complexity index is 1270. The van der Waals surface area contributed by atoms with Crippen LogP contribution in [0.15, 0.2) is 65.1 Å². The lowest BCUT2D eigenvalue weighted by molar-refractivity contribution is -0.113. The normalized spacial score (nSPS) is 11.0. The number of nitrogens with one attached hydrogen (secondary N) is 3. The van der Waals surface area contributed by atoms with E-state index in [4.69, 9.17) is 11.6 Å². The Balaban J connectivity index is 1.46. The van der Waals surface area contributed by atoms with Gasteiger partial charge < -0.3 is 15.3 Å². The molecule has 1 amide bonds. The van der Waals surface area contributed by atoms with Gasteiger partial charge in [-0.2, -0.15) is 0 Å². The third-order valence-corrected chi connectivity index (χ3v) is 5.48. The number of fused-ring (bicyclic) bond motifs is 1. The van der Waals surface area contributed by atoms with Crippen molar-refractivity contribution in [2.45, 2.75) is 11.7 Å². The SMILES string of the molecule is C=CCn1c(SCC(=O)Nc2ccc3[nH]c(=O)[nH]c3c2)nnc1-c1ccc(Cl)cc1. The molecular weight excluding hydrogens is 424 g/mol. The summed E-state index contributed by atoms with van der Waals surface area (Å²) >= 11 is 7.24. The summed E-state index contributed by atoms with van der Waals surface area (Å²) < 4.78 is 1.89. The van der Waals surface area contributed by atoms with Gasteiger partial charge >= 0.3 is 5.69 Å². The fourth-order valence-electron chi connectivity index (χ4n) is 2.94. The number of carbonyl (C=O) groups excluding carboxylic acids is 1. The van der Waals surface area contributed by atoms with E-state index in [0.717, 1.165) is 5.56 Å². The highest BCUT2D eigenvalue weighted by molar-refractivity contribution is 7.99. The number of allylic oxidation sites excluding steroid dienone is 1. The fraction of sp³-hybridized carbons (Fsp3) is 0.100. The average Bonchev–Trinajstić information content (AvgIpc) is 3.29. The standard InChI is InChI=1S/C20H17ClN6O2S/c1-2-9-27-18(12-3-5-13(21)6-4-12)25-26-20(27)30-11-17(28)22-14-7-8-15-16(10-14)24-19(29)23-15/h2-8,10H,1,9,11H2,(H,22,28)(H2,23,24,29). The summed E-state index contributed by atoms with van der Waals surface area (Å²) in [6.45, 7) is 4.30. The molecule has 2 aromatic carbocycles. The molecule has 0 radical (unpaired) electrons. The lowest BCUT2D eigenvalue weighted by Crippen LogP contribution is -2.14. The van der Waals surface area contributed by atoms with Gasteiger partial charge in [-0.15, -0.1) is 16.8 Å². The largest absolute Gasteiger partial charge is 0.325 e. The van der Waals surface area contributed by atoms with Crippen LogP contribution in [0.4, 0.5) is 5.69 Å². The second-order valence-electron chi connectivity index (χ2n) is 6.39. The number of anilines is 1. The van der Waals surface area contributed by atoms with Crippen LogP contribution in [0.25, 0.3) is 22.4 Å². The van der Waals surface area contributed by atoms with Crippen LogP contribution < -0.4 is 11.0 Å². The Kier molecular flexibility index (Phi) is 5.73. The van der Waals surface area contributed by atoms with Gasteiger partial charge in [0.05, 0.1) is 16.8 Å². The van der Waals surface area contributed by atoms with Crippen molar-refractivity contribution in [3.05, 3.63) is 70.6 Å². The zero-order valence-electron chi connectivity index (χ0n) is 15.7. The average molecular weight is 441 g/mol. The number of thioether (sulfide) groups is 1. The second-order valence-corrected chi connectivity index (χ2v) is 7.77. The zero-order valence-corrected chi connectivity index (χ0v) is 17.3. The lowest BCUT2D eigenvalue weighted by atomic mass is 10.2. The molecule has 0 aliphatic rings. The van der Waals surface area contributed by atoms with Gasteiger partial charge in [-0.25, -0.2) is 4.79 Å². The number of benzene rings is 2. The van der Waals surface area contributed by atoms with Crippen molar-refractivity contribution >= 4 is 46.0 Å². The third kappa shape index (κ3) is 4.32. The Hall–Kier alpha value is -3.30. The number of halogens is 1. The lowest BCUT2D eigenvalue weighted by Gasteiger charge is -2.08. The summed E-state index contributed by atoms with van der Waals surface area (Å²) in [5.41, 5.74) is 2.49. The minimum Gasteiger partial charge on any atom is -0.325 e. The van der Waals surface area contributed by atoms with Crippen LogP contribution in [0.2, 0.25) is 5.02 Å². The number of nitrogens with zero attached hydrogens (tertiary/aromatic N) is 3. The molecule has 0 atom stereocenters. The Morgan fingerprint density at radius 1 is 1.17 bits per heavy atom. The summed E-state index contributed by atoms with van der Waals surface area (Å²) in [5.74, 6) is 0.632. The summed E-state index contributed by atoms with van der Waals surface area (Å²) in [7, 11) is 0. The maximum atomic E-state index is 12.4. The van der Waals surface area contributed by atoms with E-state index in [1.165, 1.54) is 11.8 Å². The van der Waals surface area contributed by atoms with Gasteiger partial charge in [0.1, 0.15) is 0 Å². The van der Waals surface area contributed by atoms with E-state index in [2.05, 4.69) is 32.1 Å². The smallest absolute Gasteiger partial charge is 0.323 e. The van der Waals surface area contributed by atoms with Crippen molar-refractivity contribution in [2.24, 2.45) is 0 Å². The molecular formula is C20H17ClN6O2S. The van der Waals surface area contributed by atoms with Crippen molar-refractivity contribution in [3.8, 4) is 11.4 Å². The maximum absolute atomic E-state index is 12.4. The molecule has 0 saturated heterocycles. The van der Waals surface area contributed by atoms with Crippen LogP contribution in [0.1, 0.15) is 0 Å². The highest BCUT2D eigenvalue weighted by atomic mass is 35.5. The fourth-order valence-corrected chi connectivity index (χ4v) is 3.81. The predicted molar refractivity (Wildman–Crippen MR) is 119 cm³/mol. The first-order valence-corrected chi connectivity index (χ1v) is 10.3. The van der Waals surface area contributed by atoms with Crippen LogP contribution in [0, 0.1) is 0 Å². The third-order valence-electron chi connectivity index (χ3n) is 4.26. The number of hydrogen-bond acceptors (Lipinski definition) is 5. The zero-order chi connectivity index (χ0) is 21.1. The van der Waals surface area contributed by atoms with E-state index in [1.54, 1.807) is 36.4 Å². The predicted octanol–water partition coefficient (Wildman–Crippen LogP) is 3.68. The number of rotatable bonds is 7. The second kappa shape index (κ2) is 8.60. The molecule has 0 saturated carbocycles. The summed E-state index contributed by atoms with van der Waals surface area (Å²) in [4.78, 5) is 29.1. The highest BCUT2D eigenvalue weighted by Gasteiger charge is 2.15. The van der Waals surface area contributed by atoms with Crippen LogP contribution in [0.3, 0.4) is 0 Å². The van der Waals surface area contributed by atoms with E-state index in [9.17, 15) is 9.59 Å². The molecule has 8 nitrogen and oxygen atoms in total. The van der Waals surface area contributed by atoms with E-state index in [0.29, 0.717) is 39.3 Å². The molecule has 3 N–H and O–H groups in total. The van der Waals surface area contributed by atoms with E-state index < -0.39 is 0 Å². The Labute approximate surface area is 180 Å². The number of carbonyl (C=O) groups is 1. The van der Waals surface area contributed by atoms with Crippen molar-refractivity contribution in [1.29, 1.82) is 0 Å². The number of aromatic nitrogens is 5. The van der Waals surface area contributed by atoms with Crippen molar-refractivity contribution in [2.75, 3.05) is 11.1 Å². The van der Waals surface area contributed by atoms with Crippen LogP contribution in [0.5, 0.6) is 0 Å². The summed E-state index contributed by atoms with van der Waals surface area (Å²) in [6.07, 6.45) is 1.75. The first kappa shape index (κ1) is 20.0. The minimum atomic E-state index is -0.290. The molecule has 30 heavy (non-hydrogen) atoms. The molecule has 0 spiro atoms. The topological polar surface area (TPSA) is 108 Å². The minimum absolute atomic E-state index is 0.150. The maximum Gasteiger partial charge on any atom is 0.323 e. The van der Waals surface area contributed by atoms with Gasteiger partial charge in [0.15, 0.2) is 11.0 Å². The van der Waals surface area contributed by atoms with E-state index >= 15 is 0 Å². The van der Waals surface area contributed by atoms with Gasteiger partial charge in [-0.05, 0) is 42.5 Å². The molecule has 10 heteroatoms. The van der Waals surface area contributed by atoms with Crippen molar-refractivity contribution < 1.29 is 4.79 Å². The van der Waals surface area contributed by atoms with E-state index in [1.807, 2.05) is 16.7 Å². The van der Waals surface area contributed by atoms with Crippen LogP contribution in [-0.4, -0.2) is 36.4 Å². The molecule has 0 aliphatic carbocycles. The number of H-pyrrole nitrogens is 2. The summed E-state index contributed by atoms with van der Waals surface area (Å²) in [6, 6.07) is 12.5. The van der Waals surface area contributed by atoms with Gasteiger partial charge in [0.25, 0.3) is 0 Å².